The van der Waals surface area contributed by atoms with Crippen LogP contribution >= 0.6 is 23.1 Å². The number of benzene rings is 1. The van der Waals surface area contributed by atoms with Gasteiger partial charge in [0.05, 0.1) is 23.4 Å². The first-order chi connectivity index (χ1) is 15.1. The highest BCUT2D eigenvalue weighted by Crippen LogP contribution is 2.39. The molecule has 0 saturated carbocycles. The second-order valence-corrected chi connectivity index (χ2v) is 9.74. The average Bonchev–Trinajstić information content (AvgIpc) is 3.34. The third kappa shape index (κ3) is 3.87. The van der Waals surface area contributed by atoms with Gasteiger partial charge in [-0.1, -0.05) is 30.8 Å². The standard InChI is InChI=1S/C22H23N5O2S2/c1-3-29-16-7-5-4-6-15(16)24-18(28)11-30-22-26-25-20-19-14-9-8-13(2)10-17(14)31-21(19)23-12-27(20)22/h4-7,12-13H,3,8-11H2,1-2H3,(H,24,28)/t13-/m0/s1. The molecule has 9 heteroatoms. The molecular formula is C22H23N5O2S2. The van der Waals surface area contributed by atoms with E-state index in [0.717, 1.165) is 28.7 Å². The van der Waals surface area contributed by atoms with Gasteiger partial charge in [0.25, 0.3) is 0 Å². The second kappa shape index (κ2) is 8.47. The summed E-state index contributed by atoms with van der Waals surface area (Å²) >= 11 is 3.13. The lowest BCUT2D eigenvalue weighted by Crippen LogP contribution is -2.15. The molecule has 3 heterocycles. The highest BCUT2D eigenvalue weighted by Gasteiger charge is 2.24. The summed E-state index contributed by atoms with van der Waals surface area (Å²) in [6.07, 6.45) is 5.14. The van der Waals surface area contributed by atoms with Crippen LogP contribution in [0.3, 0.4) is 0 Å². The van der Waals surface area contributed by atoms with E-state index in [0.29, 0.717) is 29.1 Å². The van der Waals surface area contributed by atoms with Crippen LogP contribution in [0.5, 0.6) is 5.75 Å². The Hall–Kier alpha value is -2.65. The second-order valence-electron chi connectivity index (χ2n) is 7.72. The molecule has 3 aromatic heterocycles. The Balaban J connectivity index is 1.36. The molecule has 1 atom stereocenters. The van der Waals surface area contributed by atoms with Crippen molar-refractivity contribution in [1.29, 1.82) is 0 Å². The van der Waals surface area contributed by atoms with Crippen molar-refractivity contribution in [3.05, 3.63) is 41.0 Å². The van der Waals surface area contributed by atoms with Gasteiger partial charge < -0.3 is 10.1 Å². The first-order valence-electron chi connectivity index (χ1n) is 10.4. The van der Waals surface area contributed by atoms with Gasteiger partial charge in [-0.2, -0.15) is 0 Å². The molecule has 0 spiro atoms. The Morgan fingerprint density at radius 1 is 1.35 bits per heavy atom. The molecule has 1 aliphatic rings. The van der Waals surface area contributed by atoms with Gasteiger partial charge in [0, 0.05) is 4.88 Å². The monoisotopic (exact) mass is 453 g/mol. The number of para-hydroxylation sites is 2. The number of aryl methyl sites for hydroxylation is 1. The topological polar surface area (TPSA) is 81.4 Å². The van der Waals surface area contributed by atoms with Crippen LogP contribution in [0.4, 0.5) is 5.69 Å². The van der Waals surface area contributed by atoms with Crippen molar-refractivity contribution in [3.8, 4) is 5.75 Å². The summed E-state index contributed by atoms with van der Waals surface area (Å²) in [5, 5.41) is 13.5. The van der Waals surface area contributed by atoms with Gasteiger partial charge in [0.1, 0.15) is 16.9 Å². The fraction of sp³-hybridized carbons (Fsp3) is 0.364. The third-order valence-electron chi connectivity index (χ3n) is 5.47. The van der Waals surface area contributed by atoms with Crippen molar-refractivity contribution in [2.45, 2.75) is 38.3 Å². The summed E-state index contributed by atoms with van der Waals surface area (Å²) in [4.78, 5) is 19.7. The van der Waals surface area contributed by atoms with Crippen molar-refractivity contribution in [2.24, 2.45) is 5.92 Å². The molecule has 160 valence electrons. The number of carbonyl (C=O) groups excluding carboxylic acids is 1. The summed E-state index contributed by atoms with van der Waals surface area (Å²) in [5.41, 5.74) is 2.88. The molecule has 0 fully saturated rings. The molecule has 31 heavy (non-hydrogen) atoms. The first-order valence-corrected chi connectivity index (χ1v) is 12.2. The Labute approximate surface area is 188 Å². The molecule has 0 unspecified atom stereocenters. The molecular weight excluding hydrogens is 430 g/mol. The van der Waals surface area contributed by atoms with Crippen molar-refractivity contribution in [3.63, 3.8) is 0 Å². The number of rotatable bonds is 6. The Morgan fingerprint density at radius 3 is 3.10 bits per heavy atom. The maximum absolute atomic E-state index is 12.5. The van der Waals surface area contributed by atoms with Crippen LogP contribution in [0.1, 0.15) is 30.7 Å². The predicted octanol–water partition coefficient (Wildman–Crippen LogP) is 4.59. The molecule has 7 nitrogen and oxygen atoms in total. The number of thioether (sulfide) groups is 1. The quantitative estimate of drug-likeness (QED) is 0.430. The Kier molecular flexibility index (Phi) is 5.54. The zero-order valence-electron chi connectivity index (χ0n) is 17.4. The number of amides is 1. The van der Waals surface area contributed by atoms with Gasteiger partial charge in [-0.15, -0.1) is 21.5 Å². The number of nitrogens with one attached hydrogen (secondary N) is 1. The molecule has 0 bridgehead atoms. The fourth-order valence-corrected chi connectivity index (χ4v) is 6.03. The van der Waals surface area contributed by atoms with Gasteiger partial charge in [0.2, 0.25) is 5.91 Å². The number of hydrogen-bond acceptors (Lipinski definition) is 7. The summed E-state index contributed by atoms with van der Waals surface area (Å²) < 4.78 is 7.48. The first kappa shape index (κ1) is 20.3. The van der Waals surface area contributed by atoms with E-state index < -0.39 is 0 Å². The van der Waals surface area contributed by atoms with Gasteiger partial charge >= 0.3 is 0 Å². The summed E-state index contributed by atoms with van der Waals surface area (Å²) in [7, 11) is 0. The summed E-state index contributed by atoms with van der Waals surface area (Å²) in [6.45, 7) is 4.76. The Morgan fingerprint density at radius 2 is 2.23 bits per heavy atom. The number of hydrogen-bond donors (Lipinski definition) is 1. The molecule has 5 rings (SSSR count). The average molecular weight is 454 g/mol. The van der Waals surface area contributed by atoms with Crippen LogP contribution in [0, 0.1) is 5.92 Å². The largest absolute Gasteiger partial charge is 0.492 e. The molecule has 1 aliphatic carbocycles. The smallest absolute Gasteiger partial charge is 0.234 e. The summed E-state index contributed by atoms with van der Waals surface area (Å²) in [5.74, 6) is 1.48. The van der Waals surface area contributed by atoms with E-state index in [1.165, 1.54) is 28.6 Å². The van der Waals surface area contributed by atoms with E-state index in [1.807, 2.05) is 35.6 Å². The maximum atomic E-state index is 12.5. The van der Waals surface area contributed by atoms with E-state index in [-0.39, 0.29) is 11.7 Å². The SMILES string of the molecule is CCOc1ccccc1NC(=O)CSc1nnc2c3c4c(sc3ncn12)C[C@@H](C)CC4. The minimum absolute atomic E-state index is 0.121. The predicted molar refractivity (Wildman–Crippen MR) is 124 cm³/mol. The Bertz CT molecular complexity index is 1270. The van der Waals surface area contributed by atoms with Gasteiger partial charge in [-0.3, -0.25) is 9.20 Å². The summed E-state index contributed by atoms with van der Waals surface area (Å²) in [6, 6.07) is 7.44. The molecule has 1 aromatic carbocycles. The number of aromatic nitrogens is 4. The zero-order valence-corrected chi connectivity index (χ0v) is 19.1. The molecule has 0 radical (unpaired) electrons. The third-order valence-corrected chi connectivity index (χ3v) is 7.57. The normalized spacial score (nSPS) is 15.9. The number of anilines is 1. The lowest BCUT2D eigenvalue weighted by molar-refractivity contribution is -0.113. The number of nitrogens with zero attached hydrogens (tertiary/aromatic N) is 4. The van der Waals surface area contributed by atoms with Crippen LogP contribution in [-0.2, 0) is 17.6 Å². The fourth-order valence-electron chi connectivity index (χ4n) is 3.99. The number of fused-ring (bicyclic) bond motifs is 5. The van der Waals surface area contributed by atoms with E-state index in [4.69, 9.17) is 4.74 Å². The number of ether oxygens (including phenoxy) is 1. The minimum Gasteiger partial charge on any atom is -0.492 e. The highest BCUT2D eigenvalue weighted by molar-refractivity contribution is 7.99. The van der Waals surface area contributed by atoms with E-state index in [2.05, 4.69) is 27.4 Å². The van der Waals surface area contributed by atoms with Crippen molar-refractivity contribution in [1.82, 2.24) is 19.6 Å². The van der Waals surface area contributed by atoms with Crippen molar-refractivity contribution >= 4 is 50.6 Å². The maximum Gasteiger partial charge on any atom is 0.234 e. The van der Waals surface area contributed by atoms with Crippen LogP contribution < -0.4 is 10.1 Å². The van der Waals surface area contributed by atoms with Gasteiger partial charge in [0.15, 0.2) is 10.8 Å². The number of carbonyl (C=O) groups is 1. The zero-order chi connectivity index (χ0) is 21.4. The lowest BCUT2D eigenvalue weighted by atomic mass is 9.89. The minimum atomic E-state index is -0.121. The molecule has 1 N–H and O–H groups in total. The van der Waals surface area contributed by atoms with Crippen molar-refractivity contribution < 1.29 is 9.53 Å². The molecule has 4 aromatic rings. The molecule has 0 aliphatic heterocycles. The van der Waals surface area contributed by atoms with Crippen LogP contribution in [-0.4, -0.2) is 37.8 Å². The van der Waals surface area contributed by atoms with Gasteiger partial charge in [-0.05, 0) is 49.8 Å². The van der Waals surface area contributed by atoms with E-state index >= 15 is 0 Å². The van der Waals surface area contributed by atoms with Crippen LogP contribution in [0.15, 0.2) is 35.7 Å². The number of thiophene rings is 1. The highest BCUT2D eigenvalue weighted by atomic mass is 32.2. The van der Waals surface area contributed by atoms with Crippen LogP contribution in [0.25, 0.3) is 15.9 Å². The van der Waals surface area contributed by atoms with Crippen molar-refractivity contribution in [2.75, 3.05) is 17.7 Å². The van der Waals surface area contributed by atoms with E-state index in [9.17, 15) is 4.79 Å². The molecule has 1 amide bonds. The van der Waals surface area contributed by atoms with Gasteiger partial charge in [-0.25, -0.2) is 4.98 Å². The van der Waals surface area contributed by atoms with E-state index in [1.54, 1.807) is 17.7 Å². The molecule has 0 saturated heterocycles. The van der Waals surface area contributed by atoms with Crippen LogP contribution in [0.2, 0.25) is 0 Å². The lowest BCUT2D eigenvalue weighted by Gasteiger charge is -2.17.